The molecule has 0 aliphatic heterocycles. The van der Waals surface area contributed by atoms with Crippen molar-refractivity contribution in [2.75, 3.05) is 19.5 Å². The number of rotatable bonds is 5. The maximum Gasteiger partial charge on any atom is 0.190 e. The van der Waals surface area contributed by atoms with Crippen LogP contribution in [-0.2, 0) is 0 Å². The van der Waals surface area contributed by atoms with Crippen molar-refractivity contribution in [1.29, 1.82) is 0 Å². The fourth-order valence-electron chi connectivity index (χ4n) is 2.64. The van der Waals surface area contributed by atoms with E-state index >= 15 is 0 Å². The van der Waals surface area contributed by atoms with Crippen LogP contribution in [0.2, 0.25) is 0 Å². The van der Waals surface area contributed by atoms with Gasteiger partial charge in [0.25, 0.3) is 0 Å². The van der Waals surface area contributed by atoms with Crippen molar-refractivity contribution in [3.63, 3.8) is 0 Å². The molecule has 0 amide bonds. The maximum absolute atomic E-state index is 5.37. The molecule has 26 heavy (non-hydrogen) atoms. The molecule has 7 heteroatoms. The predicted molar refractivity (Wildman–Crippen MR) is 108 cm³/mol. The number of aromatic nitrogens is 2. The standard InChI is InChI=1S/C19H17N3O2S2/c1-11-4-6-13-17(8-11)26-19(20-13)22-18-21-14(10-25-18)12-5-7-15(23-2)16(9-12)24-3/h4-10H,1-3H3,(H,20,21,22). The summed E-state index contributed by atoms with van der Waals surface area (Å²) in [4.78, 5) is 9.29. The average Bonchev–Trinajstić information content (AvgIpc) is 3.27. The van der Waals surface area contributed by atoms with Gasteiger partial charge in [-0.3, -0.25) is 0 Å². The number of ether oxygens (including phenoxy) is 2. The van der Waals surface area contributed by atoms with Crippen molar-refractivity contribution in [3.8, 4) is 22.8 Å². The largest absolute Gasteiger partial charge is 0.493 e. The number of nitrogens with zero attached hydrogens (tertiary/aromatic N) is 2. The van der Waals surface area contributed by atoms with E-state index in [1.807, 2.05) is 29.6 Å². The molecule has 4 aromatic rings. The first-order chi connectivity index (χ1) is 12.7. The van der Waals surface area contributed by atoms with E-state index in [2.05, 4.69) is 34.3 Å². The fraction of sp³-hybridized carbons (Fsp3) is 0.158. The van der Waals surface area contributed by atoms with E-state index in [0.29, 0.717) is 11.5 Å². The Labute approximate surface area is 159 Å². The highest BCUT2D eigenvalue weighted by molar-refractivity contribution is 7.22. The molecule has 0 aliphatic carbocycles. The number of hydrogen-bond acceptors (Lipinski definition) is 7. The summed E-state index contributed by atoms with van der Waals surface area (Å²) in [6, 6.07) is 12.1. The minimum absolute atomic E-state index is 0.689. The number of hydrogen-bond donors (Lipinski definition) is 1. The molecule has 0 spiro atoms. The number of fused-ring (bicyclic) bond motifs is 1. The second kappa shape index (κ2) is 6.93. The normalized spacial score (nSPS) is 10.9. The van der Waals surface area contributed by atoms with Gasteiger partial charge in [0.2, 0.25) is 0 Å². The summed E-state index contributed by atoms with van der Waals surface area (Å²) in [5, 5.41) is 6.98. The van der Waals surface area contributed by atoms with E-state index in [0.717, 1.165) is 27.0 Å². The fourth-order valence-corrected chi connectivity index (χ4v) is 4.38. The van der Waals surface area contributed by atoms with Crippen LogP contribution in [0.4, 0.5) is 10.3 Å². The lowest BCUT2D eigenvalue weighted by Gasteiger charge is -2.08. The zero-order chi connectivity index (χ0) is 18.1. The highest BCUT2D eigenvalue weighted by atomic mass is 32.1. The Kier molecular flexibility index (Phi) is 4.48. The van der Waals surface area contributed by atoms with Crippen LogP contribution in [0.1, 0.15) is 5.56 Å². The van der Waals surface area contributed by atoms with Crippen LogP contribution in [0.25, 0.3) is 21.5 Å². The Morgan fingerprint density at radius 3 is 2.58 bits per heavy atom. The summed E-state index contributed by atoms with van der Waals surface area (Å²) in [6.07, 6.45) is 0. The van der Waals surface area contributed by atoms with E-state index in [1.54, 1.807) is 36.9 Å². The quantitative estimate of drug-likeness (QED) is 0.494. The molecule has 0 bridgehead atoms. The first-order valence-electron chi connectivity index (χ1n) is 7.98. The Balaban J connectivity index is 1.59. The third kappa shape index (κ3) is 3.23. The van der Waals surface area contributed by atoms with E-state index in [-0.39, 0.29) is 0 Å². The predicted octanol–water partition coefficient (Wildman–Crippen LogP) is 5.49. The Morgan fingerprint density at radius 2 is 1.77 bits per heavy atom. The zero-order valence-corrected chi connectivity index (χ0v) is 16.2. The zero-order valence-electron chi connectivity index (χ0n) is 14.6. The smallest absolute Gasteiger partial charge is 0.190 e. The van der Waals surface area contributed by atoms with Crippen molar-refractivity contribution in [2.24, 2.45) is 0 Å². The minimum atomic E-state index is 0.689. The lowest BCUT2D eigenvalue weighted by atomic mass is 10.1. The highest BCUT2D eigenvalue weighted by Crippen LogP contribution is 2.35. The maximum atomic E-state index is 5.37. The van der Waals surface area contributed by atoms with Crippen LogP contribution in [0.3, 0.4) is 0 Å². The Bertz CT molecular complexity index is 1070. The molecule has 132 valence electrons. The molecule has 4 rings (SSSR count). The summed E-state index contributed by atoms with van der Waals surface area (Å²) in [7, 11) is 3.26. The van der Waals surface area contributed by atoms with Gasteiger partial charge in [0, 0.05) is 10.9 Å². The molecule has 2 aromatic heterocycles. The molecular formula is C19H17N3O2S2. The molecule has 0 saturated carbocycles. The van der Waals surface area contributed by atoms with Crippen LogP contribution in [-0.4, -0.2) is 24.2 Å². The average molecular weight is 383 g/mol. The summed E-state index contributed by atoms with van der Waals surface area (Å²) < 4.78 is 11.8. The van der Waals surface area contributed by atoms with Gasteiger partial charge in [-0.2, -0.15) is 0 Å². The van der Waals surface area contributed by atoms with Gasteiger partial charge >= 0.3 is 0 Å². The van der Waals surface area contributed by atoms with Gasteiger partial charge in [-0.05, 0) is 42.8 Å². The van der Waals surface area contributed by atoms with Crippen LogP contribution in [0.5, 0.6) is 11.5 Å². The molecule has 0 radical (unpaired) electrons. The minimum Gasteiger partial charge on any atom is -0.493 e. The van der Waals surface area contributed by atoms with Gasteiger partial charge in [-0.15, -0.1) is 11.3 Å². The van der Waals surface area contributed by atoms with Crippen molar-refractivity contribution in [1.82, 2.24) is 9.97 Å². The van der Waals surface area contributed by atoms with E-state index in [4.69, 9.17) is 9.47 Å². The van der Waals surface area contributed by atoms with E-state index < -0.39 is 0 Å². The summed E-state index contributed by atoms with van der Waals surface area (Å²) in [5.41, 5.74) is 4.10. The third-order valence-corrected chi connectivity index (χ3v) is 5.63. The number of aryl methyl sites for hydroxylation is 1. The Morgan fingerprint density at radius 1 is 0.923 bits per heavy atom. The number of benzene rings is 2. The molecular weight excluding hydrogens is 366 g/mol. The van der Waals surface area contributed by atoms with Crippen LogP contribution >= 0.6 is 22.7 Å². The summed E-state index contributed by atoms with van der Waals surface area (Å²) in [6.45, 7) is 2.09. The second-order valence-electron chi connectivity index (χ2n) is 5.72. The molecule has 0 fully saturated rings. The van der Waals surface area contributed by atoms with Gasteiger partial charge in [0.15, 0.2) is 21.8 Å². The molecule has 1 N–H and O–H groups in total. The van der Waals surface area contributed by atoms with Gasteiger partial charge in [-0.1, -0.05) is 17.4 Å². The van der Waals surface area contributed by atoms with Crippen molar-refractivity contribution >= 4 is 43.2 Å². The number of methoxy groups -OCH3 is 2. The summed E-state index contributed by atoms with van der Waals surface area (Å²) >= 11 is 3.18. The molecule has 2 heterocycles. The lowest BCUT2D eigenvalue weighted by Crippen LogP contribution is -1.91. The number of thiazole rings is 2. The molecule has 0 saturated heterocycles. The molecule has 2 aromatic carbocycles. The lowest BCUT2D eigenvalue weighted by molar-refractivity contribution is 0.355. The van der Waals surface area contributed by atoms with Gasteiger partial charge in [-0.25, -0.2) is 9.97 Å². The van der Waals surface area contributed by atoms with Gasteiger partial charge < -0.3 is 14.8 Å². The van der Waals surface area contributed by atoms with Gasteiger partial charge in [0.05, 0.1) is 30.1 Å². The molecule has 5 nitrogen and oxygen atoms in total. The van der Waals surface area contributed by atoms with Crippen molar-refractivity contribution < 1.29 is 9.47 Å². The van der Waals surface area contributed by atoms with Crippen LogP contribution in [0.15, 0.2) is 41.8 Å². The van der Waals surface area contributed by atoms with Crippen LogP contribution in [0, 0.1) is 6.92 Å². The SMILES string of the molecule is COc1ccc(-c2csc(Nc3nc4ccc(C)cc4s3)n2)cc1OC. The number of anilines is 2. The molecule has 0 atom stereocenters. The van der Waals surface area contributed by atoms with Crippen molar-refractivity contribution in [2.45, 2.75) is 6.92 Å². The van der Waals surface area contributed by atoms with E-state index in [1.165, 1.54) is 10.3 Å². The number of nitrogens with one attached hydrogen (secondary N) is 1. The third-order valence-electron chi connectivity index (χ3n) is 3.94. The monoisotopic (exact) mass is 383 g/mol. The first kappa shape index (κ1) is 16.8. The first-order valence-corrected chi connectivity index (χ1v) is 9.68. The van der Waals surface area contributed by atoms with Gasteiger partial charge in [0.1, 0.15) is 0 Å². The second-order valence-corrected chi connectivity index (χ2v) is 7.61. The topological polar surface area (TPSA) is 56.3 Å². The van der Waals surface area contributed by atoms with Crippen LogP contribution < -0.4 is 14.8 Å². The molecule has 0 aliphatic rings. The highest BCUT2D eigenvalue weighted by Gasteiger charge is 2.11. The Hall–Kier alpha value is -2.64. The molecule has 0 unspecified atom stereocenters. The van der Waals surface area contributed by atoms with E-state index in [9.17, 15) is 0 Å². The van der Waals surface area contributed by atoms with Crippen molar-refractivity contribution in [3.05, 3.63) is 47.3 Å². The summed E-state index contributed by atoms with van der Waals surface area (Å²) in [5.74, 6) is 1.39.